The van der Waals surface area contributed by atoms with Crippen LogP contribution in [0.1, 0.15) is 41.3 Å². The van der Waals surface area contributed by atoms with Crippen molar-refractivity contribution in [1.82, 2.24) is 0 Å². The van der Waals surface area contributed by atoms with Crippen LogP contribution in [0.3, 0.4) is 0 Å². The van der Waals surface area contributed by atoms with Gasteiger partial charge in [0.2, 0.25) is 11.8 Å². The standard InChI is InChI=1S/C22H24N2O4/c1-4-28-19(25)17-7-5-6-8-18(17)24-21(27)22(11-12-22)20(26)23-16-10-9-14(2)15(3)13-16/h5-10,13H,4,11-12H2,1-3H3,(H,23,26)(H,24,27). The smallest absolute Gasteiger partial charge is 0.340 e. The van der Waals surface area contributed by atoms with Crippen molar-refractivity contribution in [1.29, 1.82) is 0 Å². The van der Waals surface area contributed by atoms with Gasteiger partial charge in [0.15, 0.2) is 0 Å². The van der Waals surface area contributed by atoms with Gasteiger partial charge in [-0.05, 0) is 69.0 Å². The summed E-state index contributed by atoms with van der Waals surface area (Å²) in [5.74, 6) is -1.25. The lowest BCUT2D eigenvalue weighted by atomic mass is 10.0. The molecule has 2 N–H and O–H groups in total. The predicted molar refractivity (Wildman–Crippen MR) is 107 cm³/mol. The first kappa shape index (κ1) is 19.6. The van der Waals surface area contributed by atoms with Gasteiger partial charge in [-0.3, -0.25) is 9.59 Å². The van der Waals surface area contributed by atoms with Crippen molar-refractivity contribution in [3.63, 3.8) is 0 Å². The van der Waals surface area contributed by atoms with E-state index in [1.54, 1.807) is 31.2 Å². The molecule has 0 atom stereocenters. The number of hydrogen-bond acceptors (Lipinski definition) is 4. The maximum atomic E-state index is 12.9. The van der Waals surface area contributed by atoms with Crippen LogP contribution in [-0.2, 0) is 14.3 Å². The third-order valence-electron chi connectivity index (χ3n) is 5.05. The highest BCUT2D eigenvalue weighted by atomic mass is 16.5. The fourth-order valence-corrected chi connectivity index (χ4v) is 2.97. The van der Waals surface area contributed by atoms with Crippen molar-refractivity contribution >= 4 is 29.2 Å². The number of hydrogen-bond donors (Lipinski definition) is 2. The molecule has 2 aromatic carbocycles. The number of anilines is 2. The number of amides is 2. The van der Waals surface area contributed by atoms with E-state index >= 15 is 0 Å². The summed E-state index contributed by atoms with van der Waals surface area (Å²) in [6, 6.07) is 12.3. The largest absolute Gasteiger partial charge is 0.462 e. The van der Waals surface area contributed by atoms with E-state index in [2.05, 4.69) is 10.6 Å². The van der Waals surface area contributed by atoms with Crippen LogP contribution in [0.5, 0.6) is 0 Å². The molecule has 28 heavy (non-hydrogen) atoms. The van der Waals surface area contributed by atoms with Gasteiger partial charge in [-0.25, -0.2) is 4.79 Å². The zero-order chi connectivity index (χ0) is 20.3. The molecule has 0 heterocycles. The first-order valence-electron chi connectivity index (χ1n) is 9.33. The lowest BCUT2D eigenvalue weighted by Gasteiger charge is -2.17. The number of benzene rings is 2. The van der Waals surface area contributed by atoms with Crippen LogP contribution in [0.2, 0.25) is 0 Å². The number of carbonyl (C=O) groups excluding carboxylic acids is 3. The number of para-hydroxylation sites is 1. The Kier molecular flexibility index (Phi) is 5.49. The molecule has 6 heteroatoms. The van der Waals surface area contributed by atoms with Gasteiger partial charge in [0.1, 0.15) is 5.41 Å². The molecule has 1 fully saturated rings. The second-order valence-electron chi connectivity index (χ2n) is 7.06. The van der Waals surface area contributed by atoms with Gasteiger partial charge >= 0.3 is 5.97 Å². The summed E-state index contributed by atoms with van der Waals surface area (Å²) in [7, 11) is 0. The lowest BCUT2D eigenvalue weighted by molar-refractivity contribution is -0.131. The van der Waals surface area contributed by atoms with Gasteiger partial charge in [0.05, 0.1) is 17.9 Å². The van der Waals surface area contributed by atoms with E-state index in [1.807, 2.05) is 32.0 Å². The van der Waals surface area contributed by atoms with Crippen LogP contribution in [-0.4, -0.2) is 24.4 Å². The highest BCUT2D eigenvalue weighted by Gasteiger charge is 2.56. The lowest BCUT2D eigenvalue weighted by Crippen LogP contribution is -2.36. The van der Waals surface area contributed by atoms with E-state index in [0.717, 1.165) is 11.1 Å². The van der Waals surface area contributed by atoms with E-state index in [9.17, 15) is 14.4 Å². The molecule has 0 aliphatic heterocycles. The summed E-state index contributed by atoms with van der Waals surface area (Å²) < 4.78 is 5.03. The van der Waals surface area contributed by atoms with Crippen LogP contribution in [0, 0.1) is 19.3 Å². The zero-order valence-electron chi connectivity index (χ0n) is 16.3. The maximum Gasteiger partial charge on any atom is 0.340 e. The van der Waals surface area contributed by atoms with E-state index in [4.69, 9.17) is 4.74 Å². The highest BCUT2D eigenvalue weighted by molar-refractivity contribution is 6.17. The summed E-state index contributed by atoms with van der Waals surface area (Å²) in [4.78, 5) is 37.7. The third kappa shape index (κ3) is 3.91. The third-order valence-corrected chi connectivity index (χ3v) is 5.05. The summed E-state index contributed by atoms with van der Waals surface area (Å²) in [5.41, 5.74) is 2.36. The number of nitrogens with one attached hydrogen (secondary N) is 2. The summed E-state index contributed by atoms with van der Waals surface area (Å²) in [6.45, 7) is 5.92. The average Bonchev–Trinajstić information content (AvgIpc) is 3.47. The fraction of sp³-hybridized carbons (Fsp3) is 0.318. The molecular weight excluding hydrogens is 356 g/mol. The molecule has 0 spiro atoms. The minimum atomic E-state index is -1.11. The van der Waals surface area contributed by atoms with Crippen LogP contribution < -0.4 is 10.6 Å². The van der Waals surface area contributed by atoms with Crippen LogP contribution in [0.4, 0.5) is 11.4 Å². The number of carbonyl (C=O) groups is 3. The molecule has 3 rings (SSSR count). The van der Waals surface area contributed by atoms with Gasteiger partial charge in [0.25, 0.3) is 0 Å². The second-order valence-corrected chi connectivity index (χ2v) is 7.06. The van der Waals surface area contributed by atoms with Crippen LogP contribution in [0.25, 0.3) is 0 Å². The van der Waals surface area contributed by atoms with E-state index in [-0.39, 0.29) is 18.1 Å². The first-order valence-corrected chi connectivity index (χ1v) is 9.33. The summed E-state index contributed by atoms with van der Waals surface area (Å²) >= 11 is 0. The normalized spacial score (nSPS) is 14.1. The molecule has 146 valence electrons. The average molecular weight is 380 g/mol. The van der Waals surface area contributed by atoms with Crippen molar-refractivity contribution in [2.45, 2.75) is 33.6 Å². The van der Waals surface area contributed by atoms with E-state index in [0.29, 0.717) is 24.2 Å². The molecule has 6 nitrogen and oxygen atoms in total. The van der Waals surface area contributed by atoms with Crippen LogP contribution >= 0.6 is 0 Å². The molecule has 1 aliphatic carbocycles. The minimum Gasteiger partial charge on any atom is -0.462 e. The maximum absolute atomic E-state index is 12.9. The number of esters is 1. The molecule has 2 aromatic rings. The molecule has 0 radical (unpaired) electrons. The number of rotatable bonds is 6. The highest BCUT2D eigenvalue weighted by Crippen LogP contribution is 2.47. The Morgan fingerprint density at radius 2 is 1.64 bits per heavy atom. The molecule has 0 aromatic heterocycles. The molecule has 0 saturated heterocycles. The Bertz CT molecular complexity index is 932. The SMILES string of the molecule is CCOC(=O)c1ccccc1NC(=O)C1(C(=O)Nc2ccc(C)c(C)c2)CC1. The summed E-state index contributed by atoms with van der Waals surface area (Å²) in [5, 5.41) is 5.58. The van der Waals surface area contributed by atoms with Crippen molar-refractivity contribution in [2.24, 2.45) is 5.41 Å². The molecule has 0 bridgehead atoms. The molecule has 2 amide bonds. The van der Waals surface area contributed by atoms with Crippen molar-refractivity contribution in [3.05, 3.63) is 59.2 Å². The monoisotopic (exact) mass is 380 g/mol. The Hall–Kier alpha value is -3.15. The Labute approximate surface area is 164 Å². The first-order chi connectivity index (χ1) is 13.4. The molecular formula is C22H24N2O4. The van der Waals surface area contributed by atoms with Gasteiger partial charge in [-0.1, -0.05) is 18.2 Å². The fourth-order valence-electron chi connectivity index (χ4n) is 2.97. The predicted octanol–water partition coefficient (Wildman–Crippen LogP) is 3.84. The van der Waals surface area contributed by atoms with E-state index < -0.39 is 17.3 Å². The van der Waals surface area contributed by atoms with Crippen molar-refractivity contribution in [2.75, 3.05) is 17.2 Å². The molecule has 1 aliphatic rings. The van der Waals surface area contributed by atoms with E-state index in [1.165, 1.54) is 0 Å². The van der Waals surface area contributed by atoms with Crippen LogP contribution in [0.15, 0.2) is 42.5 Å². The molecule has 0 unspecified atom stereocenters. The van der Waals surface area contributed by atoms with Gasteiger partial charge in [-0.2, -0.15) is 0 Å². The zero-order valence-corrected chi connectivity index (χ0v) is 16.3. The van der Waals surface area contributed by atoms with Gasteiger partial charge < -0.3 is 15.4 Å². The summed E-state index contributed by atoms with van der Waals surface area (Å²) in [6.07, 6.45) is 0.939. The Morgan fingerprint density at radius 1 is 0.964 bits per heavy atom. The minimum absolute atomic E-state index is 0.240. The number of aryl methyl sites for hydroxylation is 2. The second kappa shape index (κ2) is 7.84. The van der Waals surface area contributed by atoms with Gasteiger partial charge in [0, 0.05) is 5.69 Å². The topological polar surface area (TPSA) is 84.5 Å². The molecule has 1 saturated carbocycles. The van der Waals surface area contributed by atoms with Crippen molar-refractivity contribution in [3.8, 4) is 0 Å². The van der Waals surface area contributed by atoms with Gasteiger partial charge in [-0.15, -0.1) is 0 Å². The quantitative estimate of drug-likeness (QED) is 0.589. The Morgan fingerprint density at radius 3 is 2.29 bits per heavy atom. The number of ether oxygens (including phenoxy) is 1. The Balaban J connectivity index is 1.74. The van der Waals surface area contributed by atoms with Crippen molar-refractivity contribution < 1.29 is 19.1 Å².